The van der Waals surface area contributed by atoms with Crippen molar-refractivity contribution in [2.45, 2.75) is 32.7 Å². The molecule has 2 rings (SSSR count). The molecule has 1 saturated heterocycles. The molecule has 0 bridgehead atoms. The number of nitrogens with zero attached hydrogens (tertiary/aromatic N) is 1. The van der Waals surface area contributed by atoms with E-state index < -0.39 is 0 Å². The summed E-state index contributed by atoms with van der Waals surface area (Å²) in [4.78, 5) is 14.6. The summed E-state index contributed by atoms with van der Waals surface area (Å²) in [7, 11) is 1.61. The standard InChI is InChI=1S/C17H26N2O2/c1-13-7-9-19(10-8-13)14(2)12-18-17(20)15-5-4-6-16(11-15)21-3/h4-6,11,13-14H,7-10,12H2,1-3H3,(H,18,20). The van der Waals surface area contributed by atoms with Crippen LogP contribution in [0, 0.1) is 5.92 Å². The van der Waals surface area contributed by atoms with Crippen molar-refractivity contribution in [1.29, 1.82) is 0 Å². The minimum atomic E-state index is -0.0360. The highest BCUT2D eigenvalue weighted by Gasteiger charge is 2.20. The van der Waals surface area contributed by atoms with Crippen molar-refractivity contribution >= 4 is 5.91 Å². The Morgan fingerprint density at radius 3 is 2.81 bits per heavy atom. The van der Waals surface area contributed by atoms with E-state index in [1.807, 2.05) is 18.2 Å². The van der Waals surface area contributed by atoms with Crippen LogP contribution in [0.2, 0.25) is 0 Å². The molecule has 1 aromatic carbocycles. The highest BCUT2D eigenvalue weighted by atomic mass is 16.5. The van der Waals surface area contributed by atoms with Gasteiger partial charge < -0.3 is 10.1 Å². The molecule has 0 spiro atoms. The van der Waals surface area contributed by atoms with Crippen molar-refractivity contribution in [3.05, 3.63) is 29.8 Å². The number of amides is 1. The molecule has 1 unspecified atom stereocenters. The molecule has 4 heteroatoms. The second kappa shape index (κ2) is 7.46. The molecular weight excluding hydrogens is 264 g/mol. The smallest absolute Gasteiger partial charge is 0.251 e. The monoisotopic (exact) mass is 290 g/mol. The highest BCUT2D eigenvalue weighted by molar-refractivity contribution is 5.94. The number of carbonyl (C=O) groups is 1. The largest absolute Gasteiger partial charge is 0.497 e. The number of benzene rings is 1. The molecule has 21 heavy (non-hydrogen) atoms. The summed E-state index contributed by atoms with van der Waals surface area (Å²) in [6.45, 7) is 7.45. The number of carbonyl (C=O) groups excluding carboxylic acids is 1. The van der Waals surface area contributed by atoms with Crippen LogP contribution in [0.1, 0.15) is 37.0 Å². The van der Waals surface area contributed by atoms with Crippen LogP contribution in [0.25, 0.3) is 0 Å². The number of piperidine rings is 1. The minimum absolute atomic E-state index is 0.0360. The first-order valence-corrected chi connectivity index (χ1v) is 7.76. The number of nitrogens with one attached hydrogen (secondary N) is 1. The van der Waals surface area contributed by atoms with Crippen molar-refractivity contribution in [2.75, 3.05) is 26.7 Å². The Kier molecular flexibility index (Phi) is 5.62. The van der Waals surface area contributed by atoms with Gasteiger partial charge in [0.25, 0.3) is 5.91 Å². The third-order valence-corrected chi connectivity index (χ3v) is 4.33. The molecule has 0 aromatic heterocycles. The zero-order chi connectivity index (χ0) is 15.2. The van der Waals surface area contributed by atoms with E-state index in [1.54, 1.807) is 13.2 Å². The van der Waals surface area contributed by atoms with Gasteiger partial charge in [-0.25, -0.2) is 0 Å². The van der Waals surface area contributed by atoms with Gasteiger partial charge in [-0.05, 0) is 57.0 Å². The van der Waals surface area contributed by atoms with E-state index in [1.165, 1.54) is 12.8 Å². The Labute approximate surface area is 127 Å². The van der Waals surface area contributed by atoms with E-state index in [2.05, 4.69) is 24.1 Å². The quantitative estimate of drug-likeness (QED) is 0.906. The number of hydrogen-bond donors (Lipinski definition) is 1. The summed E-state index contributed by atoms with van der Waals surface area (Å²) in [6, 6.07) is 7.64. The van der Waals surface area contributed by atoms with Crippen LogP contribution < -0.4 is 10.1 Å². The van der Waals surface area contributed by atoms with Gasteiger partial charge in [0.15, 0.2) is 0 Å². The van der Waals surface area contributed by atoms with Gasteiger partial charge in [-0.1, -0.05) is 13.0 Å². The third-order valence-electron chi connectivity index (χ3n) is 4.33. The molecule has 1 fully saturated rings. The predicted molar refractivity (Wildman–Crippen MR) is 84.8 cm³/mol. The Bertz CT molecular complexity index is 468. The van der Waals surface area contributed by atoms with Gasteiger partial charge in [-0.3, -0.25) is 9.69 Å². The molecule has 1 heterocycles. The third kappa shape index (κ3) is 4.46. The average molecular weight is 290 g/mol. The summed E-state index contributed by atoms with van der Waals surface area (Å²) < 4.78 is 5.15. The van der Waals surface area contributed by atoms with Crippen LogP contribution in [0.3, 0.4) is 0 Å². The molecule has 1 aliphatic heterocycles. The average Bonchev–Trinajstić information content (AvgIpc) is 2.53. The number of rotatable bonds is 5. The highest BCUT2D eigenvalue weighted by Crippen LogP contribution is 2.18. The minimum Gasteiger partial charge on any atom is -0.497 e. The number of likely N-dealkylation sites (tertiary alicyclic amines) is 1. The lowest BCUT2D eigenvalue weighted by Crippen LogP contribution is -2.45. The Balaban J connectivity index is 1.82. The molecule has 0 radical (unpaired) electrons. The summed E-state index contributed by atoms with van der Waals surface area (Å²) in [5.41, 5.74) is 0.647. The van der Waals surface area contributed by atoms with Crippen LogP contribution in [0.4, 0.5) is 0 Å². The lowest BCUT2D eigenvalue weighted by atomic mass is 9.98. The van der Waals surface area contributed by atoms with Crippen molar-refractivity contribution in [3.8, 4) is 5.75 Å². The second-order valence-electron chi connectivity index (χ2n) is 6.01. The van der Waals surface area contributed by atoms with E-state index in [0.717, 1.165) is 19.0 Å². The fourth-order valence-corrected chi connectivity index (χ4v) is 2.71. The molecule has 1 aliphatic rings. The Morgan fingerprint density at radius 2 is 2.14 bits per heavy atom. The molecule has 4 nitrogen and oxygen atoms in total. The molecule has 1 atom stereocenters. The van der Waals surface area contributed by atoms with Crippen molar-refractivity contribution in [3.63, 3.8) is 0 Å². The maximum Gasteiger partial charge on any atom is 0.251 e. The van der Waals surface area contributed by atoms with Crippen molar-refractivity contribution in [1.82, 2.24) is 10.2 Å². The summed E-state index contributed by atoms with van der Waals surface area (Å²) >= 11 is 0. The first-order valence-electron chi connectivity index (χ1n) is 7.76. The normalized spacial score (nSPS) is 18.2. The summed E-state index contributed by atoms with van der Waals surface area (Å²) in [5.74, 6) is 1.51. The zero-order valence-electron chi connectivity index (χ0n) is 13.3. The lowest BCUT2D eigenvalue weighted by molar-refractivity contribution is 0.0921. The maximum atomic E-state index is 12.2. The van der Waals surface area contributed by atoms with Gasteiger partial charge >= 0.3 is 0 Å². The summed E-state index contributed by atoms with van der Waals surface area (Å²) in [5, 5.41) is 3.02. The van der Waals surface area contributed by atoms with E-state index >= 15 is 0 Å². The number of methoxy groups -OCH3 is 1. The van der Waals surface area contributed by atoms with Crippen LogP contribution in [-0.2, 0) is 0 Å². The van der Waals surface area contributed by atoms with Crippen LogP contribution in [-0.4, -0.2) is 43.6 Å². The maximum absolute atomic E-state index is 12.2. The first-order chi connectivity index (χ1) is 10.1. The van der Waals surface area contributed by atoms with Gasteiger partial charge in [0.1, 0.15) is 5.75 Å². The molecule has 0 aliphatic carbocycles. The fourth-order valence-electron chi connectivity index (χ4n) is 2.71. The van der Waals surface area contributed by atoms with Crippen LogP contribution in [0.5, 0.6) is 5.75 Å². The topological polar surface area (TPSA) is 41.6 Å². The summed E-state index contributed by atoms with van der Waals surface area (Å²) in [6.07, 6.45) is 2.52. The molecule has 1 aromatic rings. The van der Waals surface area contributed by atoms with E-state index in [0.29, 0.717) is 23.9 Å². The first kappa shape index (κ1) is 15.8. The van der Waals surface area contributed by atoms with Crippen LogP contribution in [0.15, 0.2) is 24.3 Å². The van der Waals surface area contributed by atoms with Crippen molar-refractivity contribution in [2.24, 2.45) is 5.92 Å². The predicted octanol–water partition coefficient (Wildman–Crippen LogP) is 2.55. The van der Waals surface area contributed by atoms with E-state index in [4.69, 9.17) is 4.74 Å². The number of hydrogen-bond acceptors (Lipinski definition) is 3. The van der Waals surface area contributed by atoms with Crippen LogP contribution >= 0.6 is 0 Å². The van der Waals surface area contributed by atoms with Gasteiger partial charge in [0.2, 0.25) is 0 Å². The SMILES string of the molecule is COc1cccc(C(=O)NCC(C)N2CCC(C)CC2)c1. The molecule has 116 valence electrons. The van der Waals surface area contributed by atoms with E-state index in [-0.39, 0.29) is 5.91 Å². The molecule has 0 saturated carbocycles. The fraction of sp³-hybridized carbons (Fsp3) is 0.588. The van der Waals surface area contributed by atoms with Crippen molar-refractivity contribution < 1.29 is 9.53 Å². The van der Waals surface area contributed by atoms with Gasteiger partial charge in [0.05, 0.1) is 7.11 Å². The molecule has 1 N–H and O–H groups in total. The van der Waals surface area contributed by atoms with Gasteiger partial charge in [-0.15, -0.1) is 0 Å². The zero-order valence-corrected chi connectivity index (χ0v) is 13.3. The Morgan fingerprint density at radius 1 is 1.43 bits per heavy atom. The van der Waals surface area contributed by atoms with Gasteiger partial charge in [0, 0.05) is 18.2 Å². The second-order valence-corrected chi connectivity index (χ2v) is 6.01. The molecular formula is C17H26N2O2. The number of ether oxygens (including phenoxy) is 1. The Hall–Kier alpha value is -1.55. The van der Waals surface area contributed by atoms with Gasteiger partial charge in [-0.2, -0.15) is 0 Å². The van der Waals surface area contributed by atoms with E-state index in [9.17, 15) is 4.79 Å². The lowest BCUT2D eigenvalue weighted by Gasteiger charge is -2.35. The molecule has 1 amide bonds.